The predicted octanol–water partition coefficient (Wildman–Crippen LogP) is 3.71. The fourth-order valence-corrected chi connectivity index (χ4v) is 2.00. The highest BCUT2D eigenvalue weighted by Crippen LogP contribution is 2.31. The Hall–Kier alpha value is -1.45. The maximum atomic E-state index is 6.14. The van der Waals surface area contributed by atoms with Gasteiger partial charge in [-0.15, -0.1) is 0 Å². The average Bonchev–Trinajstić information content (AvgIpc) is 2.80. The summed E-state index contributed by atoms with van der Waals surface area (Å²) in [6.45, 7) is 3.85. The highest BCUT2D eigenvalue weighted by atomic mass is 35.5. The molecule has 0 aliphatic heterocycles. The van der Waals surface area contributed by atoms with E-state index in [2.05, 4.69) is 0 Å². The number of hydrogen-bond donors (Lipinski definition) is 1. The highest BCUT2D eigenvalue weighted by molar-refractivity contribution is 6.32. The van der Waals surface area contributed by atoms with Gasteiger partial charge in [-0.25, -0.2) is 0 Å². The first-order valence-electron chi connectivity index (χ1n) is 5.79. The Kier molecular flexibility index (Phi) is 3.94. The monoisotopic (exact) mass is 265 g/mol. The van der Waals surface area contributed by atoms with Crippen molar-refractivity contribution in [3.63, 3.8) is 0 Å². The zero-order valence-corrected chi connectivity index (χ0v) is 11.1. The molecule has 0 fully saturated rings. The molecule has 2 unspecified atom stereocenters. The molecular weight excluding hydrogens is 250 g/mol. The second kappa shape index (κ2) is 5.46. The van der Waals surface area contributed by atoms with Crippen LogP contribution in [0.5, 0.6) is 5.75 Å². The van der Waals surface area contributed by atoms with E-state index in [1.807, 2.05) is 44.2 Å². The van der Waals surface area contributed by atoms with Crippen molar-refractivity contribution in [1.82, 2.24) is 0 Å². The molecule has 1 aromatic carbocycles. The van der Waals surface area contributed by atoms with Gasteiger partial charge < -0.3 is 14.9 Å². The molecule has 96 valence electrons. The Morgan fingerprint density at radius 2 is 2.11 bits per heavy atom. The van der Waals surface area contributed by atoms with Crippen molar-refractivity contribution in [3.05, 3.63) is 52.9 Å². The minimum absolute atomic E-state index is 0.200. The van der Waals surface area contributed by atoms with E-state index in [4.69, 9.17) is 26.5 Å². The second-order valence-electron chi connectivity index (χ2n) is 4.35. The van der Waals surface area contributed by atoms with Crippen LogP contribution >= 0.6 is 11.6 Å². The number of ether oxygens (including phenoxy) is 1. The molecule has 2 atom stereocenters. The molecular formula is C14H16ClNO2. The summed E-state index contributed by atoms with van der Waals surface area (Å²) in [5.74, 6) is 1.31. The lowest BCUT2D eigenvalue weighted by Crippen LogP contribution is -2.28. The van der Waals surface area contributed by atoms with Gasteiger partial charge >= 0.3 is 0 Å². The Morgan fingerprint density at radius 1 is 1.33 bits per heavy atom. The van der Waals surface area contributed by atoms with Gasteiger partial charge in [0.15, 0.2) is 6.10 Å². The van der Waals surface area contributed by atoms with Crippen molar-refractivity contribution in [2.45, 2.75) is 26.0 Å². The van der Waals surface area contributed by atoms with Crippen LogP contribution in [0.1, 0.15) is 24.4 Å². The fraction of sp³-hybridized carbons (Fsp3) is 0.286. The molecule has 2 aromatic rings. The standard InChI is InChI=1S/C14H16ClNO2/c1-9-5-6-12(11(15)8-9)18-14(10(2)16)13-4-3-7-17-13/h3-8,10,14H,16H2,1-2H3. The third-order valence-electron chi connectivity index (χ3n) is 2.64. The Morgan fingerprint density at radius 3 is 2.67 bits per heavy atom. The Labute approximate surface area is 111 Å². The summed E-state index contributed by atoms with van der Waals surface area (Å²) in [5.41, 5.74) is 7.01. The molecule has 2 rings (SSSR count). The number of nitrogens with two attached hydrogens (primary N) is 1. The number of hydrogen-bond acceptors (Lipinski definition) is 3. The SMILES string of the molecule is Cc1ccc(OC(c2ccco2)C(C)N)c(Cl)c1. The van der Waals surface area contributed by atoms with E-state index in [-0.39, 0.29) is 12.1 Å². The van der Waals surface area contributed by atoms with Gasteiger partial charge in [0.05, 0.1) is 11.3 Å². The normalized spacial score (nSPS) is 14.2. The number of benzene rings is 1. The molecule has 0 saturated heterocycles. The molecule has 0 amide bonds. The van der Waals surface area contributed by atoms with Crippen molar-refractivity contribution in [3.8, 4) is 5.75 Å². The number of rotatable bonds is 4. The van der Waals surface area contributed by atoms with Crippen molar-refractivity contribution in [2.24, 2.45) is 5.73 Å². The molecule has 0 aliphatic carbocycles. The van der Waals surface area contributed by atoms with Crippen LogP contribution in [0.3, 0.4) is 0 Å². The molecule has 1 aromatic heterocycles. The molecule has 2 N–H and O–H groups in total. The van der Waals surface area contributed by atoms with Crippen LogP contribution in [0.4, 0.5) is 0 Å². The summed E-state index contributed by atoms with van der Waals surface area (Å²) < 4.78 is 11.2. The lowest BCUT2D eigenvalue weighted by atomic mass is 10.1. The molecule has 0 spiro atoms. The van der Waals surface area contributed by atoms with Crippen LogP contribution in [0.15, 0.2) is 41.0 Å². The number of furan rings is 1. The summed E-state index contributed by atoms with van der Waals surface area (Å²) >= 11 is 6.14. The van der Waals surface area contributed by atoms with Crippen LogP contribution in [0, 0.1) is 6.92 Å². The van der Waals surface area contributed by atoms with Crippen LogP contribution in [0.2, 0.25) is 5.02 Å². The molecule has 0 aliphatic rings. The van der Waals surface area contributed by atoms with Crippen molar-refractivity contribution < 1.29 is 9.15 Å². The predicted molar refractivity (Wildman–Crippen MR) is 71.9 cm³/mol. The Balaban J connectivity index is 2.24. The molecule has 1 heterocycles. The third kappa shape index (κ3) is 2.86. The second-order valence-corrected chi connectivity index (χ2v) is 4.75. The smallest absolute Gasteiger partial charge is 0.171 e. The third-order valence-corrected chi connectivity index (χ3v) is 2.94. The first-order chi connectivity index (χ1) is 8.58. The first kappa shape index (κ1) is 13.0. The summed E-state index contributed by atoms with van der Waals surface area (Å²) in [6.07, 6.45) is 1.25. The maximum Gasteiger partial charge on any atom is 0.171 e. The minimum Gasteiger partial charge on any atom is -0.479 e. The van der Waals surface area contributed by atoms with Gasteiger partial charge in [0, 0.05) is 6.04 Å². The number of aryl methyl sites for hydroxylation is 1. The quantitative estimate of drug-likeness (QED) is 0.917. The van der Waals surface area contributed by atoms with Gasteiger partial charge in [0.1, 0.15) is 11.5 Å². The van der Waals surface area contributed by atoms with Crippen molar-refractivity contribution in [1.29, 1.82) is 0 Å². The van der Waals surface area contributed by atoms with E-state index >= 15 is 0 Å². The van der Waals surface area contributed by atoms with Crippen LogP contribution in [0.25, 0.3) is 0 Å². The summed E-state index contributed by atoms with van der Waals surface area (Å²) in [7, 11) is 0. The largest absolute Gasteiger partial charge is 0.479 e. The maximum absolute atomic E-state index is 6.14. The lowest BCUT2D eigenvalue weighted by molar-refractivity contribution is 0.153. The molecule has 0 radical (unpaired) electrons. The van der Waals surface area contributed by atoms with Crippen LogP contribution < -0.4 is 10.5 Å². The minimum atomic E-state index is -0.347. The van der Waals surface area contributed by atoms with Gasteiger partial charge in [-0.1, -0.05) is 17.7 Å². The van der Waals surface area contributed by atoms with Gasteiger partial charge in [0.25, 0.3) is 0 Å². The zero-order chi connectivity index (χ0) is 13.1. The van der Waals surface area contributed by atoms with Gasteiger partial charge in [-0.05, 0) is 43.7 Å². The molecule has 18 heavy (non-hydrogen) atoms. The lowest BCUT2D eigenvalue weighted by Gasteiger charge is -2.21. The van der Waals surface area contributed by atoms with E-state index in [1.165, 1.54) is 0 Å². The first-order valence-corrected chi connectivity index (χ1v) is 6.17. The number of halogens is 1. The van der Waals surface area contributed by atoms with Crippen LogP contribution in [-0.4, -0.2) is 6.04 Å². The van der Waals surface area contributed by atoms with Gasteiger partial charge in [0.2, 0.25) is 0 Å². The fourth-order valence-electron chi connectivity index (χ4n) is 1.72. The molecule has 0 bridgehead atoms. The van der Waals surface area contributed by atoms with E-state index in [0.717, 1.165) is 5.56 Å². The topological polar surface area (TPSA) is 48.4 Å². The summed E-state index contributed by atoms with van der Waals surface area (Å²) in [5, 5.41) is 0.576. The summed E-state index contributed by atoms with van der Waals surface area (Å²) in [4.78, 5) is 0. The van der Waals surface area contributed by atoms with E-state index < -0.39 is 0 Å². The Bertz CT molecular complexity index is 509. The molecule has 3 nitrogen and oxygen atoms in total. The van der Waals surface area contributed by atoms with E-state index in [0.29, 0.717) is 16.5 Å². The molecule has 4 heteroatoms. The molecule has 0 saturated carbocycles. The summed E-state index contributed by atoms with van der Waals surface area (Å²) in [6, 6.07) is 9.10. The van der Waals surface area contributed by atoms with Crippen molar-refractivity contribution in [2.75, 3.05) is 0 Å². The zero-order valence-electron chi connectivity index (χ0n) is 10.4. The van der Waals surface area contributed by atoms with E-state index in [9.17, 15) is 0 Å². The highest BCUT2D eigenvalue weighted by Gasteiger charge is 2.21. The van der Waals surface area contributed by atoms with Gasteiger partial charge in [-0.3, -0.25) is 0 Å². The average molecular weight is 266 g/mol. The van der Waals surface area contributed by atoms with Gasteiger partial charge in [-0.2, -0.15) is 0 Å². The van der Waals surface area contributed by atoms with Crippen molar-refractivity contribution >= 4 is 11.6 Å². The van der Waals surface area contributed by atoms with E-state index in [1.54, 1.807) is 6.26 Å². The van der Waals surface area contributed by atoms with Crippen LogP contribution in [-0.2, 0) is 0 Å².